The number of methoxy groups -OCH3 is 1. The van der Waals surface area contributed by atoms with E-state index in [2.05, 4.69) is 6.92 Å². The van der Waals surface area contributed by atoms with Gasteiger partial charge in [-0.05, 0) is 25.8 Å². The van der Waals surface area contributed by atoms with E-state index >= 15 is 0 Å². The lowest BCUT2D eigenvalue weighted by Gasteiger charge is -2.37. The molecule has 1 fully saturated rings. The van der Waals surface area contributed by atoms with Gasteiger partial charge in [0.25, 0.3) is 0 Å². The van der Waals surface area contributed by atoms with Crippen molar-refractivity contribution in [2.75, 3.05) is 33.3 Å². The van der Waals surface area contributed by atoms with E-state index in [1.807, 2.05) is 54.0 Å². The van der Waals surface area contributed by atoms with Crippen LogP contribution in [0.3, 0.4) is 0 Å². The lowest BCUT2D eigenvalue weighted by atomic mass is 10.0. The lowest BCUT2D eigenvalue weighted by molar-refractivity contribution is -0.148. The summed E-state index contributed by atoms with van der Waals surface area (Å²) in [6, 6.07) is 9.95. The Kier molecular flexibility index (Phi) is 7.60. The highest BCUT2D eigenvalue weighted by Gasteiger charge is 2.30. The second-order valence-corrected chi connectivity index (χ2v) is 6.87. The van der Waals surface area contributed by atoms with Gasteiger partial charge in [0.2, 0.25) is 5.91 Å². The fourth-order valence-corrected chi connectivity index (χ4v) is 3.54. The van der Waals surface area contributed by atoms with Crippen LogP contribution >= 0.6 is 0 Å². The van der Waals surface area contributed by atoms with E-state index in [1.54, 1.807) is 0 Å². The maximum Gasteiger partial charge on any atom is 0.319 e. The highest BCUT2D eigenvalue weighted by Crippen LogP contribution is 2.24. The zero-order chi connectivity index (χ0) is 19.1. The number of carbonyl (C=O) groups excluding carboxylic acids is 2. The third-order valence-electron chi connectivity index (χ3n) is 4.68. The van der Waals surface area contributed by atoms with Gasteiger partial charge in [-0.1, -0.05) is 37.3 Å². The molecule has 1 aliphatic rings. The maximum absolute atomic E-state index is 12.9. The van der Waals surface area contributed by atoms with Gasteiger partial charge in [0.15, 0.2) is 0 Å². The molecule has 0 radical (unpaired) electrons. The Morgan fingerprint density at radius 2 is 1.81 bits per heavy atom. The molecule has 1 heterocycles. The van der Waals surface area contributed by atoms with Crippen LogP contribution in [0.5, 0.6) is 0 Å². The molecule has 1 aromatic carbocycles. The van der Waals surface area contributed by atoms with E-state index in [1.165, 1.54) is 7.11 Å². The number of rotatable bonds is 7. The number of hydrogen-bond acceptors (Lipinski definition) is 5. The van der Waals surface area contributed by atoms with Crippen molar-refractivity contribution in [2.24, 2.45) is 0 Å². The summed E-state index contributed by atoms with van der Waals surface area (Å²) in [5, 5.41) is 0. The van der Waals surface area contributed by atoms with Crippen molar-refractivity contribution in [3.8, 4) is 0 Å². The van der Waals surface area contributed by atoms with E-state index < -0.39 is 0 Å². The number of nitrogens with zero attached hydrogens (tertiary/aromatic N) is 2. The molecule has 0 spiro atoms. The number of carbonyl (C=O) groups is 2. The molecule has 6 heteroatoms. The summed E-state index contributed by atoms with van der Waals surface area (Å²) in [4.78, 5) is 28.6. The third kappa shape index (κ3) is 5.54. The average Bonchev–Trinajstić information content (AvgIpc) is 2.62. The van der Waals surface area contributed by atoms with Crippen LogP contribution in [0.2, 0.25) is 0 Å². The van der Waals surface area contributed by atoms with Crippen molar-refractivity contribution < 1.29 is 19.1 Å². The molecular weight excluding hydrogens is 332 g/mol. The van der Waals surface area contributed by atoms with Gasteiger partial charge in [-0.25, -0.2) is 0 Å². The molecule has 0 aliphatic carbocycles. The van der Waals surface area contributed by atoms with Crippen LogP contribution in [0.1, 0.15) is 38.8 Å². The second-order valence-electron chi connectivity index (χ2n) is 6.87. The molecule has 2 rings (SSSR count). The van der Waals surface area contributed by atoms with E-state index in [9.17, 15) is 9.59 Å². The molecule has 3 unspecified atom stereocenters. The molecule has 0 aromatic heterocycles. The molecule has 26 heavy (non-hydrogen) atoms. The Hall–Kier alpha value is -1.92. The average molecular weight is 362 g/mol. The van der Waals surface area contributed by atoms with Crippen LogP contribution in [0, 0.1) is 0 Å². The van der Waals surface area contributed by atoms with Crippen LogP contribution in [-0.2, 0) is 19.1 Å². The van der Waals surface area contributed by atoms with E-state index in [0.29, 0.717) is 13.1 Å². The number of hydrogen-bond donors (Lipinski definition) is 0. The Labute approximate surface area is 156 Å². The molecule has 1 saturated heterocycles. The smallest absolute Gasteiger partial charge is 0.319 e. The van der Waals surface area contributed by atoms with Crippen molar-refractivity contribution in [3.63, 3.8) is 0 Å². The SMILES string of the molecule is CCC(c1ccccc1)N(CC(=O)OC)CC(=O)N1CC(C)OC(C)C1. The molecule has 144 valence electrons. The minimum atomic E-state index is -0.337. The highest BCUT2D eigenvalue weighted by molar-refractivity contribution is 5.79. The molecule has 1 amide bonds. The van der Waals surface area contributed by atoms with Crippen LogP contribution in [-0.4, -0.2) is 67.2 Å². The fraction of sp³-hybridized carbons (Fsp3) is 0.600. The summed E-state index contributed by atoms with van der Waals surface area (Å²) in [5.41, 5.74) is 1.09. The minimum absolute atomic E-state index is 0.0184. The van der Waals surface area contributed by atoms with Crippen molar-refractivity contribution in [1.82, 2.24) is 9.80 Å². The van der Waals surface area contributed by atoms with Crippen LogP contribution in [0.25, 0.3) is 0 Å². The van der Waals surface area contributed by atoms with Gasteiger partial charge in [0.1, 0.15) is 0 Å². The number of ether oxygens (including phenoxy) is 2. The Balaban J connectivity index is 2.15. The van der Waals surface area contributed by atoms with Gasteiger partial charge in [-0.15, -0.1) is 0 Å². The Morgan fingerprint density at radius 3 is 2.35 bits per heavy atom. The molecule has 0 bridgehead atoms. The monoisotopic (exact) mass is 362 g/mol. The van der Waals surface area contributed by atoms with Crippen molar-refractivity contribution in [3.05, 3.63) is 35.9 Å². The normalized spacial score (nSPS) is 21.5. The molecule has 1 aromatic rings. The zero-order valence-electron chi connectivity index (χ0n) is 16.2. The van der Waals surface area contributed by atoms with Gasteiger partial charge in [0, 0.05) is 19.1 Å². The van der Waals surface area contributed by atoms with E-state index in [4.69, 9.17) is 9.47 Å². The van der Waals surface area contributed by atoms with Crippen molar-refractivity contribution in [1.29, 1.82) is 0 Å². The number of esters is 1. The standard InChI is InChI=1S/C20H30N2O4/c1-5-18(17-9-7-6-8-10-17)21(14-20(24)25-4)13-19(23)22-11-15(2)26-16(3)12-22/h6-10,15-16,18H,5,11-14H2,1-4H3. The van der Waals surface area contributed by atoms with Gasteiger partial charge in [-0.3, -0.25) is 14.5 Å². The van der Waals surface area contributed by atoms with E-state index in [0.717, 1.165) is 12.0 Å². The zero-order valence-corrected chi connectivity index (χ0v) is 16.2. The van der Waals surface area contributed by atoms with Gasteiger partial charge < -0.3 is 14.4 Å². The largest absolute Gasteiger partial charge is 0.468 e. The minimum Gasteiger partial charge on any atom is -0.468 e. The summed E-state index contributed by atoms with van der Waals surface area (Å²) < 4.78 is 10.6. The number of amides is 1. The first kappa shape index (κ1) is 20.4. The molecular formula is C20H30N2O4. The summed E-state index contributed by atoms with van der Waals surface area (Å²) in [6.07, 6.45) is 0.838. The van der Waals surface area contributed by atoms with Crippen molar-refractivity contribution in [2.45, 2.75) is 45.4 Å². The Morgan fingerprint density at radius 1 is 1.19 bits per heavy atom. The summed E-state index contributed by atoms with van der Waals surface area (Å²) in [5.74, 6) is -0.318. The summed E-state index contributed by atoms with van der Waals surface area (Å²) >= 11 is 0. The molecule has 3 atom stereocenters. The van der Waals surface area contributed by atoms with Gasteiger partial charge in [-0.2, -0.15) is 0 Å². The fourth-order valence-electron chi connectivity index (χ4n) is 3.54. The summed E-state index contributed by atoms with van der Waals surface area (Å²) in [7, 11) is 1.37. The van der Waals surface area contributed by atoms with Gasteiger partial charge >= 0.3 is 5.97 Å². The topological polar surface area (TPSA) is 59.1 Å². The van der Waals surface area contributed by atoms with Gasteiger partial charge in [0.05, 0.1) is 32.4 Å². The maximum atomic E-state index is 12.9. The van der Waals surface area contributed by atoms with Crippen LogP contribution in [0.4, 0.5) is 0 Å². The predicted molar refractivity (Wildman–Crippen MR) is 99.7 cm³/mol. The first-order valence-electron chi connectivity index (χ1n) is 9.23. The number of morpholine rings is 1. The van der Waals surface area contributed by atoms with Crippen LogP contribution < -0.4 is 0 Å². The van der Waals surface area contributed by atoms with Crippen LogP contribution in [0.15, 0.2) is 30.3 Å². The molecule has 0 N–H and O–H groups in total. The molecule has 0 saturated carbocycles. The molecule has 1 aliphatic heterocycles. The lowest BCUT2D eigenvalue weighted by Crippen LogP contribution is -2.51. The summed E-state index contributed by atoms with van der Waals surface area (Å²) in [6.45, 7) is 7.44. The first-order chi connectivity index (χ1) is 12.4. The second kappa shape index (κ2) is 9.69. The third-order valence-corrected chi connectivity index (χ3v) is 4.68. The van der Waals surface area contributed by atoms with Crippen molar-refractivity contribution >= 4 is 11.9 Å². The first-order valence-corrected chi connectivity index (χ1v) is 9.23. The quantitative estimate of drug-likeness (QED) is 0.696. The Bertz CT molecular complexity index is 583. The predicted octanol–water partition coefficient (Wildman–Crippen LogP) is 2.25. The highest BCUT2D eigenvalue weighted by atomic mass is 16.5. The molecule has 6 nitrogen and oxygen atoms in total. The van der Waals surface area contributed by atoms with E-state index in [-0.39, 0.29) is 43.2 Å². The number of benzene rings is 1.